The molecule has 8 heteroatoms. The van der Waals surface area contributed by atoms with Crippen LogP contribution < -0.4 is 5.43 Å². The molecule has 6 nitrogen and oxygen atoms in total. The zero-order chi connectivity index (χ0) is 16.7. The molecule has 0 aliphatic heterocycles. The van der Waals surface area contributed by atoms with Gasteiger partial charge in [0.15, 0.2) is 0 Å². The SMILES string of the molecule is O=C(CSc1ccccc1)N/N=C\c1cc([N+](=O)[O-])ccc1Cl. The second kappa shape index (κ2) is 8.30. The first-order chi connectivity index (χ1) is 11.1. The Balaban J connectivity index is 1.90. The van der Waals surface area contributed by atoms with Crippen molar-refractivity contribution < 1.29 is 9.72 Å². The average Bonchev–Trinajstić information content (AvgIpc) is 2.55. The number of rotatable bonds is 6. The summed E-state index contributed by atoms with van der Waals surface area (Å²) in [6.45, 7) is 0. The number of nitro benzene ring substituents is 1. The molecule has 0 atom stereocenters. The molecule has 2 aromatic carbocycles. The van der Waals surface area contributed by atoms with Gasteiger partial charge in [-0.3, -0.25) is 14.9 Å². The molecule has 0 fully saturated rings. The number of nitrogens with one attached hydrogen (secondary N) is 1. The number of hydrogen-bond acceptors (Lipinski definition) is 5. The normalized spacial score (nSPS) is 10.7. The molecule has 0 aliphatic rings. The summed E-state index contributed by atoms with van der Waals surface area (Å²) in [6.07, 6.45) is 1.28. The van der Waals surface area contributed by atoms with Crippen molar-refractivity contribution in [2.75, 3.05) is 5.75 Å². The smallest absolute Gasteiger partial charge is 0.270 e. The number of nitrogens with zero attached hydrogens (tertiary/aromatic N) is 2. The predicted molar refractivity (Wildman–Crippen MR) is 91.0 cm³/mol. The maximum atomic E-state index is 11.7. The van der Waals surface area contributed by atoms with Gasteiger partial charge in [0.1, 0.15) is 0 Å². The van der Waals surface area contributed by atoms with E-state index in [9.17, 15) is 14.9 Å². The lowest BCUT2D eigenvalue weighted by atomic mass is 10.2. The second-order valence-corrected chi connectivity index (χ2v) is 5.81. The van der Waals surface area contributed by atoms with Crippen molar-refractivity contribution in [3.63, 3.8) is 0 Å². The van der Waals surface area contributed by atoms with Crippen LogP contribution in [0.1, 0.15) is 5.56 Å². The van der Waals surface area contributed by atoms with Crippen molar-refractivity contribution >= 4 is 41.2 Å². The fraction of sp³-hybridized carbons (Fsp3) is 0.0667. The van der Waals surface area contributed by atoms with Crippen LogP contribution in [0.3, 0.4) is 0 Å². The number of hydrazone groups is 1. The number of carbonyl (C=O) groups excluding carboxylic acids is 1. The van der Waals surface area contributed by atoms with E-state index in [1.165, 1.54) is 36.2 Å². The Morgan fingerprint density at radius 2 is 2.04 bits per heavy atom. The number of benzene rings is 2. The summed E-state index contributed by atoms with van der Waals surface area (Å²) in [6, 6.07) is 13.5. The lowest BCUT2D eigenvalue weighted by Gasteiger charge is -2.01. The highest BCUT2D eigenvalue weighted by Gasteiger charge is 2.08. The third-order valence-electron chi connectivity index (χ3n) is 2.70. The van der Waals surface area contributed by atoms with Crippen molar-refractivity contribution in [1.29, 1.82) is 0 Å². The monoisotopic (exact) mass is 349 g/mol. The summed E-state index contributed by atoms with van der Waals surface area (Å²) in [4.78, 5) is 22.8. The maximum absolute atomic E-state index is 11.7. The van der Waals surface area contributed by atoms with Crippen LogP contribution in [0.5, 0.6) is 0 Å². The third kappa shape index (κ3) is 5.39. The Morgan fingerprint density at radius 3 is 2.74 bits per heavy atom. The molecule has 0 unspecified atom stereocenters. The molecular weight excluding hydrogens is 338 g/mol. The molecule has 0 bridgehead atoms. The molecule has 1 amide bonds. The van der Waals surface area contributed by atoms with Gasteiger partial charge in [0.05, 0.1) is 16.9 Å². The molecule has 0 saturated carbocycles. The van der Waals surface area contributed by atoms with Gasteiger partial charge in [-0.1, -0.05) is 29.8 Å². The summed E-state index contributed by atoms with van der Waals surface area (Å²) < 4.78 is 0. The van der Waals surface area contributed by atoms with E-state index in [1.54, 1.807) is 0 Å². The zero-order valence-corrected chi connectivity index (χ0v) is 13.4. The molecule has 118 valence electrons. The molecule has 0 spiro atoms. The second-order valence-electron chi connectivity index (χ2n) is 4.36. The van der Waals surface area contributed by atoms with E-state index in [4.69, 9.17) is 11.6 Å². The van der Waals surface area contributed by atoms with Crippen LogP contribution in [-0.2, 0) is 4.79 Å². The number of thioether (sulfide) groups is 1. The van der Waals surface area contributed by atoms with Crippen molar-refractivity contribution in [3.05, 3.63) is 69.2 Å². The predicted octanol–water partition coefficient (Wildman–Crippen LogP) is 3.49. The van der Waals surface area contributed by atoms with Gasteiger partial charge in [0.2, 0.25) is 5.91 Å². The Hall–Kier alpha value is -2.38. The molecule has 2 rings (SSSR count). The van der Waals surface area contributed by atoms with Crippen molar-refractivity contribution in [2.45, 2.75) is 4.90 Å². The topological polar surface area (TPSA) is 84.6 Å². The number of hydrogen-bond donors (Lipinski definition) is 1. The van der Waals surface area contributed by atoms with Gasteiger partial charge < -0.3 is 0 Å². The molecule has 23 heavy (non-hydrogen) atoms. The molecule has 2 aromatic rings. The molecule has 0 saturated heterocycles. The van der Waals surface area contributed by atoms with Gasteiger partial charge in [-0.2, -0.15) is 5.10 Å². The van der Waals surface area contributed by atoms with Crippen LogP contribution in [0.4, 0.5) is 5.69 Å². The standard InChI is InChI=1S/C15H12ClN3O3S/c16-14-7-6-12(19(21)22)8-11(14)9-17-18-15(20)10-23-13-4-2-1-3-5-13/h1-9H,10H2,(H,18,20)/b17-9-. The summed E-state index contributed by atoms with van der Waals surface area (Å²) >= 11 is 7.31. The molecule has 0 heterocycles. The number of halogens is 1. The lowest BCUT2D eigenvalue weighted by Crippen LogP contribution is -2.19. The first kappa shape index (κ1) is 17.0. The Kier molecular flexibility index (Phi) is 6.13. The lowest BCUT2D eigenvalue weighted by molar-refractivity contribution is -0.384. The van der Waals surface area contributed by atoms with Crippen LogP contribution >= 0.6 is 23.4 Å². The highest BCUT2D eigenvalue weighted by Crippen LogP contribution is 2.20. The van der Waals surface area contributed by atoms with Gasteiger partial charge in [-0.25, -0.2) is 5.43 Å². The summed E-state index contributed by atoms with van der Waals surface area (Å²) in [7, 11) is 0. The van der Waals surface area contributed by atoms with Gasteiger partial charge >= 0.3 is 0 Å². The minimum absolute atomic E-state index is 0.0955. The Bertz CT molecular complexity index is 738. The van der Waals surface area contributed by atoms with E-state index in [2.05, 4.69) is 10.5 Å². The van der Waals surface area contributed by atoms with Crippen molar-refractivity contribution in [2.24, 2.45) is 5.10 Å². The molecule has 1 N–H and O–H groups in total. The number of amides is 1. The first-order valence-corrected chi connectivity index (χ1v) is 7.86. The number of non-ortho nitro benzene ring substituents is 1. The summed E-state index contributed by atoms with van der Waals surface area (Å²) in [5, 5.41) is 14.8. The molecule has 0 aromatic heterocycles. The maximum Gasteiger partial charge on any atom is 0.270 e. The molecule has 0 aliphatic carbocycles. The van der Waals surface area contributed by atoms with Crippen LogP contribution in [0.25, 0.3) is 0 Å². The summed E-state index contributed by atoms with van der Waals surface area (Å²) in [5.74, 6) is -0.0685. The van der Waals surface area contributed by atoms with Gasteiger partial charge in [0, 0.05) is 27.6 Å². The molecule has 0 radical (unpaired) electrons. The van der Waals surface area contributed by atoms with E-state index in [1.807, 2.05) is 30.3 Å². The van der Waals surface area contributed by atoms with E-state index >= 15 is 0 Å². The fourth-order valence-electron chi connectivity index (χ4n) is 1.62. The molecular formula is C15H12ClN3O3S. The number of carbonyl (C=O) groups is 1. The number of nitro groups is 1. The highest BCUT2D eigenvalue weighted by molar-refractivity contribution is 8.00. The van der Waals surface area contributed by atoms with Crippen LogP contribution in [0.15, 0.2) is 58.5 Å². The summed E-state index contributed by atoms with van der Waals surface area (Å²) in [5.41, 5.74) is 2.62. The average molecular weight is 350 g/mol. The van der Waals surface area contributed by atoms with Crippen LogP contribution in [0.2, 0.25) is 5.02 Å². The van der Waals surface area contributed by atoms with E-state index in [-0.39, 0.29) is 17.3 Å². The van der Waals surface area contributed by atoms with E-state index in [0.717, 1.165) is 4.90 Å². The van der Waals surface area contributed by atoms with Crippen molar-refractivity contribution in [1.82, 2.24) is 5.43 Å². The third-order valence-corrected chi connectivity index (χ3v) is 4.05. The van der Waals surface area contributed by atoms with Crippen LogP contribution in [-0.4, -0.2) is 22.8 Å². The fourth-order valence-corrected chi connectivity index (χ4v) is 2.49. The Labute approximate surface area is 141 Å². The van der Waals surface area contributed by atoms with Gasteiger partial charge in [-0.15, -0.1) is 11.8 Å². The highest BCUT2D eigenvalue weighted by atomic mass is 35.5. The zero-order valence-electron chi connectivity index (χ0n) is 11.8. The van der Waals surface area contributed by atoms with Gasteiger partial charge in [-0.05, 0) is 18.2 Å². The van der Waals surface area contributed by atoms with E-state index in [0.29, 0.717) is 10.6 Å². The van der Waals surface area contributed by atoms with E-state index < -0.39 is 4.92 Å². The van der Waals surface area contributed by atoms with Gasteiger partial charge in [0.25, 0.3) is 5.69 Å². The Morgan fingerprint density at radius 1 is 1.30 bits per heavy atom. The minimum atomic E-state index is -0.525. The van der Waals surface area contributed by atoms with Crippen LogP contribution in [0, 0.1) is 10.1 Å². The quantitative estimate of drug-likeness (QED) is 0.374. The largest absolute Gasteiger partial charge is 0.272 e. The minimum Gasteiger partial charge on any atom is -0.272 e. The van der Waals surface area contributed by atoms with Crippen molar-refractivity contribution in [3.8, 4) is 0 Å². The first-order valence-electron chi connectivity index (χ1n) is 6.50.